The van der Waals surface area contributed by atoms with Crippen LogP contribution in [0.5, 0.6) is 0 Å². The predicted molar refractivity (Wildman–Crippen MR) is 67.4 cm³/mol. The van der Waals surface area contributed by atoms with E-state index < -0.39 is 0 Å². The van der Waals surface area contributed by atoms with Crippen LogP contribution in [0.4, 0.5) is 4.79 Å². The second-order valence-electron chi connectivity index (χ2n) is 4.39. The largest absolute Gasteiger partial charge is 0.381 e. The van der Waals surface area contributed by atoms with E-state index >= 15 is 0 Å². The van der Waals surface area contributed by atoms with Crippen LogP contribution in [0.1, 0.15) is 12.1 Å². The number of nitrogens with one attached hydrogen (secondary N) is 2. The molecule has 2 N–H and O–H groups in total. The molecule has 0 saturated carbocycles. The molecule has 1 aromatic rings. The lowest BCUT2D eigenvalue weighted by Crippen LogP contribution is -2.38. The second-order valence-corrected chi connectivity index (χ2v) is 4.80. The van der Waals surface area contributed by atoms with Gasteiger partial charge in [0.05, 0.1) is 18.2 Å². The van der Waals surface area contributed by atoms with E-state index in [9.17, 15) is 4.79 Å². The lowest BCUT2D eigenvalue weighted by molar-refractivity contribution is 0.185. The number of halogens is 1. The molecule has 1 saturated heterocycles. The van der Waals surface area contributed by atoms with Crippen molar-refractivity contribution in [2.75, 3.05) is 19.8 Å². The summed E-state index contributed by atoms with van der Waals surface area (Å²) >= 11 is 5.94. The fraction of sp³-hybridized carbons (Fsp3) is 0.636. The first-order valence-electron chi connectivity index (χ1n) is 5.92. The maximum Gasteiger partial charge on any atom is 0.315 e. The molecular weight excluding hydrogens is 256 g/mol. The molecule has 6 nitrogen and oxygen atoms in total. The highest BCUT2D eigenvalue weighted by atomic mass is 35.5. The van der Waals surface area contributed by atoms with E-state index in [0.29, 0.717) is 29.7 Å². The summed E-state index contributed by atoms with van der Waals surface area (Å²) in [7, 11) is 1.79. The lowest BCUT2D eigenvalue weighted by atomic mass is 10.1. The fourth-order valence-electron chi connectivity index (χ4n) is 1.83. The Morgan fingerprint density at radius 2 is 2.50 bits per heavy atom. The van der Waals surface area contributed by atoms with Crippen LogP contribution in [0.3, 0.4) is 0 Å². The van der Waals surface area contributed by atoms with Gasteiger partial charge in [-0.2, -0.15) is 5.10 Å². The molecule has 2 amide bonds. The van der Waals surface area contributed by atoms with Gasteiger partial charge in [0.25, 0.3) is 0 Å². The molecule has 0 spiro atoms. The number of hydrogen-bond acceptors (Lipinski definition) is 3. The van der Waals surface area contributed by atoms with Crippen molar-refractivity contribution in [2.45, 2.75) is 13.0 Å². The second kappa shape index (κ2) is 6.06. The van der Waals surface area contributed by atoms with Crippen molar-refractivity contribution < 1.29 is 9.53 Å². The van der Waals surface area contributed by atoms with Gasteiger partial charge in [0.15, 0.2) is 0 Å². The number of amides is 2. The number of ether oxygens (including phenoxy) is 1. The van der Waals surface area contributed by atoms with Crippen molar-refractivity contribution in [1.82, 2.24) is 20.4 Å². The number of carbonyl (C=O) groups excluding carboxylic acids is 1. The zero-order valence-corrected chi connectivity index (χ0v) is 11.0. The van der Waals surface area contributed by atoms with E-state index in [1.54, 1.807) is 17.9 Å². The quantitative estimate of drug-likeness (QED) is 0.856. The van der Waals surface area contributed by atoms with Crippen molar-refractivity contribution >= 4 is 17.6 Å². The minimum Gasteiger partial charge on any atom is -0.381 e. The van der Waals surface area contributed by atoms with E-state index in [0.717, 1.165) is 19.6 Å². The first kappa shape index (κ1) is 13.2. The summed E-state index contributed by atoms with van der Waals surface area (Å²) in [5.41, 5.74) is 0.665. The summed E-state index contributed by atoms with van der Waals surface area (Å²) in [5, 5.41) is 10.2. The summed E-state index contributed by atoms with van der Waals surface area (Å²) in [6, 6.07) is -0.205. The van der Waals surface area contributed by atoms with Gasteiger partial charge in [0.1, 0.15) is 5.69 Å². The van der Waals surface area contributed by atoms with Gasteiger partial charge < -0.3 is 15.4 Å². The van der Waals surface area contributed by atoms with Crippen molar-refractivity contribution in [3.8, 4) is 0 Å². The van der Waals surface area contributed by atoms with Crippen LogP contribution in [0.15, 0.2) is 6.20 Å². The number of aryl methyl sites for hydroxylation is 1. The molecule has 18 heavy (non-hydrogen) atoms. The number of carbonyl (C=O) groups is 1. The molecule has 0 bridgehead atoms. The zero-order chi connectivity index (χ0) is 13.0. The van der Waals surface area contributed by atoms with Gasteiger partial charge in [-0.15, -0.1) is 0 Å². The Balaban J connectivity index is 1.69. The normalized spacial score (nSPS) is 18.9. The predicted octanol–water partition coefficient (Wildman–Crippen LogP) is 0.909. The maximum atomic E-state index is 11.6. The smallest absolute Gasteiger partial charge is 0.315 e. The van der Waals surface area contributed by atoms with E-state index in [4.69, 9.17) is 16.3 Å². The Bertz CT molecular complexity index is 415. The molecule has 1 atom stereocenters. The van der Waals surface area contributed by atoms with E-state index in [1.165, 1.54) is 0 Å². The lowest BCUT2D eigenvalue weighted by Gasteiger charge is -2.10. The highest BCUT2D eigenvalue weighted by Crippen LogP contribution is 2.12. The summed E-state index contributed by atoms with van der Waals surface area (Å²) in [5.74, 6) is 0.425. The van der Waals surface area contributed by atoms with E-state index in [1.807, 2.05) is 0 Å². The van der Waals surface area contributed by atoms with Gasteiger partial charge in [-0.3, -0.25) is 4.68 Å². The average Bonchev–Trinajstić information content (AvgIpc) is 2.94. The van der Waals surface area contributed by atoms with Crippen LogP contribution in [-0.4, -0.2) is 35.6 Å². The highest BCUT2D eigenvalue weighted by Gasteiger charge is 2.16. The Morgan fingerprint density at radius 1 is 1.67 bits per heavy atom. The minimum absolute atomic E-state index is 0.205. The summed E-state index contributed by atoms with van der Waals surface area (Å²) in [6.07, 6.45) is 2.71. The number of aromatic nitrogens is 2. The van der Waals surface area contributed by atoms with Gasteiger partial charge in [-0.25, -0.2) is 4.79 Å². The van der Waals surface area contributed by atoms with Gasteiger partial charge >= 0.3 is 6.03 Å². The fourth-order valence-corrected chi connectivity index (χ4v) is 2.08. The van der Waals surface area contributed by atoms with Crippen molar-refractivity contribution in [3.63, 3.8) is 0 Å². The molecule has 2 heterocycles. The van der Waals surface area contributed by atoms with Crippen molar-refractivity contribution in [1.29, 1.82) is 0 Å². The monoisotopic (exact) mass is 272 g/mol. The highest BCUT2D eigenvalue weighted by molar-refractivity contribution is 6.31. The number of nitrogens with zero attached hydrogens (tertiary/aromatic N) is 2. The third kappa shape index (κ3) is 3.61. The first-order chi connectivity index (χ1) is 8.65. The van der Waals surface area contributed by atoms with Gasteiger partial charge in [0.2, 0.25) is 0 Å². The summed E-state index contributed by atoms with van der Waals surface area (Å²) < 4.78 is 6.85. The summed E-state index contributed by atoms with van der Waals surface area (Å²) in [6.45, 7) is 2.48. The van der Waals surface area contributed by atoms with Gasteiger partial charge in [-0.05, 0) is 6.42 Å². The first-order valence-corrected chi connectivity index (χ1v) is 6.30. The van der Waals surface area contributed by atoms with Crippen LogP contribution >= 0.6 is 11.6 Å². The maximum absolute atomic E-state index is 11.6. The average molecular weight is 273 g/mol. The topological polar surface area (TPSA) is 68.2 Å². The molecule has 0 radical (unpaired) electrons. The zero-order valence-electron chi connectivity index (χ0n) is 10.3. The Hall–Kier alpha value is -1.27. The molecule has 0 unspecified atom stereocenters. The standard InChI is InChI=1S/C11H17ClN4O2/c1-16-6-9(12)10(15-16)5-14-11(17)13-4-8-2-3-18-7-8/h6,8H,2-5,7H2,1H3,(H2,13,14,17)/t8-/m1/s1. The van der Waals surface area contributed by atoms with Crippen LogP contribution in [-0.2, 0) is 18.3 Å². The molecule has 1 aromatic heterocycles. The van der Waals surface area contributed by atoms with Crippen LogP contribution in [0, 0.1) is 5.92 Å². The third-order valence-electron chi connectivity index (χ3n) is 2.85. The minimum atomic E-state index is -0.205. The Labute approximate surface area is 111 Å². The molecule has 1 fully saturated rings. The molecular formula is C11H17ClN4O2. The van der Waals surface area contributed by atoms with E-state index in [-0.39, 0.29) is 6.03 Å². The summed E-state index contributed by atoms with van der Waals surface area (Å²) in [4.78, 5) is 11.6. The molecule has 0 aromatic carbocycles. The van der Waals surface area contributed by atoms with Crippen molar-refractivity contribution in [2.24, 2.45) is 13.0 Å². The van der Waals surface area contributed by atoms with Crippen LogP contribution in [0.2, 0.25) is 5.02 Å². The molecule has 2 rings (SSSR count). The van der Waals surface area contributed by atoms with Gasteiger partial charge in [-0.1, -0.05) is 11.6 Å². The van der Waals surface area contributed by atoms with Crippen LogP contribution in [0.25, 0.3) is 0 Å². The SMILES string of the molecule is Cn1cc(Cl)c(CNC(=O)NC[C@H]2CCOC2)n1. The molecule has 7 heteroatoms. The Kier molecular flexibility index (Phi) is 4.43. The van der Waals surface area contributed by atoms with E-state index in [2.05, 4.69) is 15.7 Å². The Morgan fingerprint density at radius 3 is 3.11 bits per heavy atom. The molecule has 1 aliphatic heterocycles. The number of hydrogen-bond donors (Lipinski definition) is 2. The van der Waals surface area contributed by atoms with Crippen LogP contribution < -0.4 is 10.6 Å². The van der Waals surface area contributed by atoms with Crippen molar-refractivity contribution in [3.05, 3.63) is 16.9 Å². The molecule has 100 valence electrons. The number of rotatable bonds is 4. The molecule has 0 aliphatic carbocycles. The van der Waals surface area contributed by atoms with Gasteiger partial charge in [0, 0.05) is 32.3 Å². The molecule has 1 aliphatic rings. The third-order valence-corrected chi connectivity index (χ3v) is 3.16. The number of urea groups is 1.